The van der Waals surface area contributed by atoms with Gasteiger partial charge in [-0.15, -0.1) is 0 Å². The SMILES string of the molecule is CC(C)CCNC(=O)C1CCCN1c1nc(Cc2ccc(F)cc2)ns1. The van der Waals surface area contributed by atoms with E-state index in [2.05, 4.69) is 33.4 Å². The van der Waals surface area contributed by atoms with Gasteiger partial charge < -0.3 is 10.2 Å². The second-order valence-corrected chi connectivity index (χ2v) is 7.85. The van der Waals surface area contributed by atoms with Gasteiger partial charge >= 0.3 is 0 Å². The van der Waals surface area contributed by atoms with Crippen molar-refractivity contribution in [3.05, 3.63) is 41.5 Å². The molecule has 0 bridgehead atoms. The third kappa shape index (κ3) is 4.78. The molecule has 1 saturated heterocycles. The smallest absolute Gasteiger partial charge is 0.242 e. The van der Waals surface area contributed by atoms with Crippen LogP contribution in [-0.2, 0) is 11.2 Å². The van der Waals surface area contributed by atoms with Crippen LogP contribution in [0.2, 0.25) is 0 Å². The molecule has 1 amide bonds. The number of aromatic nitrogens is 2. The summed E-state index contributed by atoms with van der Waals surface area (Å²) in [5.74, 6) is 1.12. The summed E-state index contributed by atoms with van der Waals surface area (Å²) in [5, 5.41) is 3.84. The molecule has 7 heteroatoms. The Balaban J connectivity index is 1.61. The number of carbonyl (C=O) groups excluding carboxylic acids is 1. The fourth-order valence-electron chi connectivity index (χ4n) is 3.09. The van der Waals surface area contributed by atoms with E-state index in [1.807, 2.05) is 0 Å². The number of hydrogen-bond donors (Lipinski definition) is 1. The summed E-state index contributed by atoms with van der Waals surface area (Å²) < 4.78 is 17.4. The molecule has 1 fully saturated rings. The van der Waals surface area contributed by atoms with Crippen LogP contribution in [0.15, 0.2) is 24.3 Å². The maximum absolute atomic E-state index is 13.0. The van der Waals surface area contributed by atoms with Crippen LogP contribution in [0, 0.1) is 11.7 Å². The molecule has 1 aliphatic heterocycles. The fourth-order valence-corrected chi connectivity index (χ4v) is 3.85. The first-order chi connectivity index (χ1) is 12.5. The average molecular weight is 377 g/mol. The van der Waals surface area contributed by atoms with Crippen LogP contribution < -0.4 is 10.2 Å². The molecule has 5 nitrogen and oxygen atoms in total. The highest BCUT2D eigenvalue weighted by Gasteiger charge is 2.32. The molecule has 1 unspecified atom stereocenters. The number of anilines is 1. The molecule has 0 saturated carbocycles. The predicted octanol–water partition coefficient (Wildman–Crippen LogP) is 3.40. The molecule has 2 heterocycles. The van der Waals surface area contributed by atoms with Crippen molar-refractivity contribution in [2.75, 3.05) is 18.0 Å². The monoisotopic (exact) mass is 376 g/mol. The normalized spacial score (nSPS) is 17.1. The number of halogens is 1. The summed E-state index contributed by atoms with van der Waals surface area (Å²) in [6, 6.07) is 6.23. The van der Waals surface area contributed by atoms with Gasteiger partial charge in [0.05, 0.1) is 0 Å². The summed E-state index contributed by atoms with van der Waals surface area (Å²) in [6.45, 7) is 5.84. The third-order valence-corrected chi connectivity index (χ3v) is 5.35. The van der Waals surface area contributed by atoms with Gasteiger partial charge in [0.15, 0.2) is 0 Å². The van der Waals surface area contributed by atoms with Gasteiger partial charge in [-0.2, -0.15) is 4.37 Å². The third-order valence-electron chi connectivity index (χ3n) is 4.55. The molecule has 1 aromatic carbocycles. The lowest BCUT2D eigenvalue weighted by atomic mass is 10.1. The zero-order valence-electron chi connectivity index (χ0n) is 15.2. The van der Waals surface area contributed by atoms with Gasteiger partial charge in [-0.05, 0) is 42.9 Å². The van der Waals surface area contributed by atoms with Gasteiger partial charge in [0.1, 0.15) is 17.7 Å². The van der Waals surface area contributed by atoms with Gasteiger partial charge in [0, 0.05) is 31.0 Å². The molecule has 2 aromatic rings. The molecule has 1 aliphatic rings. The van der Waals surface area contributed by atoms with Crippen molar-refractivity contribution in [2.45, 2.75) is 45.6 Å². The van der Waals surface area contributed by atoms with Crippen LogP contribution >= 0.6 is 11.5 Å². The van der Waals surface area contributed by atoms with E-state index in [0.29, 0.717) is 24.7 Å². The van der Waals surface area contributed by atoms with Crippen molar-refractivity contribution in [3.63, 3.8) is 0 Å². The maximum atomic E-state index is 13.0. The summed E-state index contributed by atoms with van der Waals surface area (Å²) in [7, 11) is 0. The van der Waals surface area contributed by atoms with E-state index >= 15 is 0 Å². The topological polar surface area (TPSA) is 58.1 Å². The van der Waals surface area contributed by atoms with E-state index in [4.69, 9.17) is 0 Å². The molecule has 3 rings (SSSR count). The number of carbonyl (C=O) groups is 1. The van der Waals surface area contributed by atoms with E-state index < -0.39 is 0 Å². The second-order valence-electron chi connectivity index (χ2n) is 7.12. The van der Waals surface area contributed by atoms with Crippen LogP contribution in [0.1, 0.15) is 44.5 Å². The Hall–Kier alpha value is -2.02. The first kappa shape index (κ1) is 18.8. The van der Waals surface area contributed by atoms with E-state index in [9.17, 15) is 9.18 Å². The Morgan fingerprint density at radius 3 is 2.88 bits per heavy atom. The van der Waals surface area contributed by atoms with Gasteiger partial charge in [-0.25, -0.2) is 9.37 Å². The van der Waals surface area contributed by atoms with E-state index in [1.54, 1.807) is 12.1 Å². The molecule has 140 valence electrons. The van der Waals surface area contributed by atoms with Gasteiger partial charge in [-0.1, -0.05) is 26.0 Å². The fraction of sp³-hybridized carbons (Fsp3) is 0.526. The van der Waals surface area contributed by atoms with Crippen molar-refractivity contribution in [3.8, 4) is 0 Å². The molecule has 0 aliphatic carbocycles. The number of rotatable bonds is 7. The first-order valence-corrected chi connectivity index (χ1v) is 9.91. The van der Waals surface area contributed by atoms with Crippen molar-refractivity contribution < 1.29 is 9.18 Å². The van der Waals surface area contributed by atoms with Gasteiger partial charge in [0.2, 0.25) is 11.0 Å². The lowest BCUT2D eigenvalue weighted by Gasteiger charge is -2.22. The minimum absolute atomic E-state index is 0.0819. The van der Waals surface area contributed by atoms with E-state index in [1.165, 1.54) is 23.7 Å². The Kier molecular flexibility index (Phi) is 6.19. The van der Waals surface area contributed by atoms with Crippen molar-refractivity contribution in [1.82, 2.24) is 14.7 Å². The highest BCUT2D eigenvalue weighted by Crippen LogP contribution is 2.27. The van der Waals surface area contributed by atoms with E-state index in [0.717, 1.165) is 36.5 Å². The molecular formula is C19H25FN4OS. The molecule has 26 heavy (non-hydrogen) atoms. The highest BCUT2D eigenvalue weighted by atomic mass is 32.1. The van der Waals surface area contributed by atoms with Crippen LogP contribution in [-0.4, -0.2) is 34.4 Å². The van der Waals surface area contributed by atoms with Crippen LogP contribution in [0.25, 0.3) is 0 Å². The predicted molar refractivity (Wildman–Crippen MR) is 102 cm³/mol. The molecule has 1 aromatic heterocycles. The minimum atomic E-state index is -0.246. The van der Waals surface area contributed by atoms with Crippen LogP contribution in [0.5, 0.6) is 0 Å². The molecule has 1 N–H and O–H groups in total. The van der Waals surface area contributed by atoms with Gasteiger partial charge in [-0.3, -0.25) is 4.79 Å². The largest absolute Gasteiger partial charge is 0.354 e. The van der Waals surface area contributed by atoms with E-state index in [-0.39, 0.29) is 17.8 Å². The first-order valence-electron chi connectivity index (χ1n) is 9.14. The lowest BCUT2D eigenvalue weighted by Crippen LogP contribution is -2.43. The lowest BCUT2D eigenvalue weighted by molar-refractivity contribution is -0.122. The molecule has 0 radical (unpaired) electrons. The number of hydrogen-bond acceptors (Lipinski definition) is 5. The Morgan fingerprint density at radius 2 is 2.15 bits per heavy atom. The van der Waals surface area contributed by atoms with Crippen molar-refractivity contribution >= 4 is 22.6 Å². The summed E-state index contributed by atoms with van der Waals surface area (Å²) in [6.07, 6.45) is 3.38. The summed E-state index contributed by atoms with van der Waals surface area (Å²) in [5.41, 5.74) is 0.972. The maximum Gasteiger partial charge on any atom is 0.242 e. The number of nitrogens with one attached hydrogen (secondary N) is 1. The Labute approximate surface area is 157 Å². The quantitative estimate of drug-likeness (QED) is 0.805. The molecule has 0 spiro atoms. The number of benzene rings is 1. The summed E-state index contributed by atoms with van der Waals surface area (Å²) in [4.78, 5) is 19.2. The van der Waals surface area contributed by atoms with Crippen LogP contribution in [0.4, 0.5) is 9.52 Å². The van der Waals surface area contributed by atoms with Crippen LogP contribution in [0.3, 0.4) is 0 Å². The van der Waals surface area contributed by atoms with Gasteiger partial charge in [0.25, 0.3) is 0 Å². The number of nitrogens with zero attached hydrogens (tertiary/aromatic N) is 3. The highest BCUT2D eigenvalue weighted by molar-refractivity contribution is 7.09. The second kappa shape index (κ2) is 8.58. The van der Waals surface area contributed by atoms with Crippen molar-refractivity contribution in [2.24, 2.45) is 5.92 Å². The zero-order valence-corrected chi connectivity index (χ0v) is 16.1. The Morgan fingerprint density at radius 1 is 1.38 bits per heavy atom. The number of amides is 1. The molecular weight excluding hydrogens is 351 g/mol. The zero-order chi connectivity index (χ0) is 18.5. The molecule has 1 atom stereocenters. The summed E-state index contributed by atoms with van der Waals surface area (Å²) >= 11 is 1.33. The standard InChI is InChI=1S/C19H25FN4OS/c1-13(2)9-10-21-18(25)16-4-3-11-24(16)19-22-17(23-26-19)12-14-5-7-15(20)8-6-14/h5-8,13,16H,3-4,9-12H2,1-2H3,(H,21,25). The average Bonchev–Trinajstić information content (AvgIpc) is 3.25. The Bertz CT molecular complexity index is 731. The minimum Gasteiger partial charge on any atom is -0.354 e. The van der Waals surface area contributed by atoms with Crippen molar-refractivity contribution in [1.29, 1.82) is 0 Å².